The van der Waals surface area contributed by atoms with Crippen LogP contribution in [0.4, 0.5) is 0 Å². The number of hydrogen-bond donors (Lipinski definition) is 0. The van der Waals surface area contributed by atoms with Crippen LogP contribution in [-0.2, 0) is 22.4 Å². The summed E-state index contributed by atoms with van der Waals surface area (Å²) in [6.07, 6.45) is 0. The van der Waals surface area contributed by atoms with Gasteiger partial charge in [0, 0.05) is 22.4 Å². The third-order valence-corrected chi connectivity index (χ3v) is 0. The van der Waals surface area contributed by atoms with Gasteiger partial charge in [0.25, 0.3) is 0 Å². The molecule has 0 aromatic rings. The molecule has 0 fully saturated rings. The van der Waals surface area contributed by atoms with Gasteiger partial charge in [-0.2, -0.15) is 0 Å². The summed E-state index contributed by atoms with van der Waals surface area (Å²) in [7, 11) is 0. The molecule has 0 amide bonds. The maximum atomic E-state index is 0. The minimum atomic E-state index is 0. The molecule has 0 N–H and O–H groups in total. The van der Waals surface area contributed by atoms with Crippen molar-refractivity contribution in [3.8, 4) is 0 Å². The van der Waals surface area contributed by atoms with Gasteiger partial charge in [-0.05, 0) is 0 Å². The Balaban J connectivity index is 0. The Bertz CT molecular complexity index is 8.00. The Morgan fingerprint density at radius 1 is 1.00 bits per heavy atom. The van der Waals surface area contributed by atoms with Crippen LogP contribution in [-0.4, -0.2) is 62.7 Å². The first-order valence-corrected chi connectivity index (χ1v) is 0. The van der Waals surface area contributed by atoms with Crippen molar-refractivity contribution in [3.05, 3.63) is 0 Å². The molecule has 31 valence electrons. The van der Waals surface area contributed by atoms with Gasteiger partial charge in [0.1, 0.15) is 0 Å². The van der Waals surface area contributed by atoms with E-state index in [-0.39, 0.29) is 85.1 Å². The van der Waals surface area contributed by atoms with Crippen LogP contribution in [0.5, 0.6) is 0 Å². The SMILES string of the molecule is [Au].[GaH3].[InH3].[SeH2]. The molecule has 0 saturated heterocycles. The van der Waals surface area contributed by atoms with Crippen LogP contribution in [0.1, 0.15) is 0 Å². The molecule has 0 saturated carbocycles. The van der Waals surface area contributed by atoms with Crippen LogP contribution in [0.3, 0.4) is 0 Å². The van der Waals surface area contributed by atoms with E-state index in [0.29, 0.717) is 0 Å². The molecule has 0 nitrogen and oxygen atoms in total. The first kappa shape index (κ1) is 29.4. The summed E-state index contributed by atoms with van der Waals surface area (Å²) >= 11 is 0. The molecule has 0 aromatic carbocycles. The summed E-state index contributed by atoms with van der Waals surface area (Å²) in [4.78, 5) is 0. The molecule has 0 atom stereocenters. The summed E-state index contributed by atoms with van der Waals surface area (Å²) < 4.78 is 0. The fraction of sp³-hybridized carbons (Fsp3) is 0. The third-order valence-electron chi connectivity index (χ3n) is 0. The monoisotopic (exact) mass is 469 g/mol. The van der Waals surface area contributed by atoms with Crippen molar-refractivity contribution in [1.82, 2.24) is 0 Å². The Labute approximate surface area is 83.7 Å². The van der Waals surface area contributed by atoms with Gasteiger partial charge in [0.05, 0.1) is 0 Å². The van der Waals surface area contributed by atoms with Gasteiger partial charge in [-0.1, -0.05) is 0 Å². The van der Waals surface area contributed by atoms with E-state index in [4.69, 9.17) is 0 Å². The van der Waals surface area contributed by atoms with E-state index in [9.17, 15) is 0 Å². The van der Waals surface area contributed by atoms with Crippen LogP contribution in [0.25, 0.3) is 0 Å². The van der Waals surface area contributed by atoms with Crippen LogP contribution in [0, 0.1) is 0 Å². The maximum absolute atomic E-state index is 0. The molecule has 0 unspecified atom stereocenters. The Hall–Kier alpha value is 2.77. The Morgan fingerprint density at radius 3 is 1.00 bits per heavy atom. The molecule has 0 rings (SSSR count). The van der Waals surface area contributed by atoms with Gasteiger partial charge in [-0.25, -0.2) is 0 Å². The van der Waals surface area contributed by atoms with Crippen molar-refractivity contribution in [1.29, 1.82) is 0 Å². The summed E-state index contributed by atoms with van der Waals surface area (Å²) in [6.45, 7) is 0. The molecule has 0 aliphatic rings. The second-order valence-corrected chi connectivity index (χ2v) is 0. The molecule has 0 aliphatic carbocycles. The molecule has 0 aliphatic heterocycles. The third kappa shape index (κ3) is 8.84. The predicted octanol–water partition coefficient (Wildman–Crippen LogP) is -3.29. The van der Waals surface area contributed by atoms with Gasteiger partial charge in [-0.15, -0.1) is 0 Å². The second kappa shape index (κ2) is 17.1. The molecule has 0 aromatic heterocycles. The van der Waals surface area contributed by atoms with Crippen molar-refractivity contribution >= 4 is 62.7 Å². The molecule has 0 spiro atoms. The van der Waals surface area contributed by atoms with E-state index in [0.717, 1.165) is 0 Å². The molecule has 4 heteroatoms. The van der Waals surface area contributed by atoms with Gasteiger partial charge in [-0.3, -0.25) is 0 Å². The van der Waals surface area contributed by atoms with E-state index < -0.39 is 0 Å². The van der Waals surface area contributed by atoms with Crippen molar-refractivity contribution in [2.75, 3.05) is 0 Å². The predicted molar refractivity (Wildman–Crippen MR) is 28.4 cm³/mol. The topological polar surface area (TPSA) is 0 Å². The van der Waals surface area contributed by atoms with Crippen molar-refractivity contribution < 1.29 is 22.4 Å². The van der Waals surface area contributed by atoms with E-state index in [2.05, 4.69) is 0 Å². The zero-order valence-electron chi connectivity index (χ0n) is 0.802. The standard InChI is InChI=1S/Au.Ga.In.H2Se.6H/h;;;1H2;;;;;;. The van der Waals surface area contributed by atoms with Crippen molar-refractivity contribution in [2.45, 2.75) is 0 Å². The Kier molecular flexibility index (Phi) is 126. The first-order valence-electron chi connectivity index (χ1n) is 0. The van der Waals surface area contributed by atoms with E-state index in [1.807, 2.05) is 0 Å². The van der Waals surface area contributed by atoms with Gasteiger partial charge in [0.15, 0.2) is 0 Å². The average molecular weight is 469 g/mol. The number of rotatable bonds is 0. The van der Waals surface area contributed by atoms with Crippen LogP contribution < -0.4 is 0 Å². The average Bonchev–Trinajstić information content (AvgIpc) is 0. The fourth-order valence-electron chi connectivity index (χ4n) is 0. The normalized spacial score (nSPS) is 0. The minimum absolute atomic E-state index is 0. The summed E-state index contributed by atoms with van der Waals surface area (Å²) in [5.41, 5.74) is 0. The Morgan fingerprint density at radius 2 is 1.00 bits per heavy atom. The zero-order chi connectivity index (χ0) is 0. The van der Waals surface area contributed by atoms with E-state index >= 15 is 0 Å². The summed E-state index contributed by atoms with van der Waals surface area (Å²) in [6, 6.07) is 0. The molecular formula is H8AuGaInSe. The van der Waals surface area contributed by atoms with Gasteiger partial charge >= 0.3 is 62.7 Å². The second-order valence-electron chi connectivity index (χ2n) is 0. The fourth-order valence-corrected chi connectivity index (χ4v) is 0. The first-order chi connectivity index (χ1) is 0. The van der Waals surface area contributed by atoms with Crippen molar-refractivity contribution in [3.63, 3.8) is 0 Å². The molecule has 0 heterocycles. The van der Waals surface area contributed by atoms with E-state index in [1.54, 1.807) is 0 Å². The van der Waals surface area contributed by atoms with Gasteiger partial charge in [0.2, 0.25) is 0 Å². The molecule has 4 heavy (non-hydrogen) atoms. The summed E-state index contributed by atoms with van der Waals surface area (Å²) in [5, 5.41) is 0. The molecule has 1 radical (unpaired) electrons. The van der Waals surface area contributed by atoms with Gasteiger partial charge < -0.3 is 0 Å². The molecular weight excluding hydrogens is 460 g/mol. The van der Waals surface area contributed by atoms with E-state index in [1.165, 1.54) is 0 Å². The number of hydrogen-bond acceptors (Lipinski definition) is 0. The molecule has 0 bridgehead atoms. The van der Waals surface area contributed by atoms with Crippen LogP contribution in [0.2, 0.25) is 0 Å². The van der Waals surface area contributed by atoms with Crippen LogP contribution >= 0.6 is 0 Å². The zero-order valence-corrected chi connectivity index (χ0v) is 5.07. The quantitative estimate of drug-likeness (QED) is 0.327. The summed E-state index contributed by atoms with van der Waals surface area (Å²) in [5.74, 6) is 0. The van der Waals surface area contributed by atoms with Crippen molar-refractivity contribution in [2.24, 2.45) is 0 Å². The van der Waals surface area contributed by atoms with Crippen LogP contribution in [0.15, 0.2) is 0 Å².